The number of rotatable bonds is 5. The second kappa shape index (κ2) is 7.39. The fourth-order valence-corrected chi connectivity index (χ4v) is 2.77. The number of carbonyl (C=O) groups excluding carboxylic acids is 1. The lowest BCUT2D eigenvalue weighted by Crippen LogP contribution is -2.46. The molecule has 3 rings (SSSR count). The molecular formula is C17H22N4O2. The van der Waals surface area contributed by atoms with Crippen LogP contribution in [0, 0.1) is 5.92 Å². The van der Waals surface area contributed by atoms with Crippen LogP contribution in [0.5, 0.6) is 0 Å². The van der Waals surface area contributed by atoms with Crippen molar-refractivity contribution < 1.29 is 9.53 Å². The van der Waals surface area contributed by atoms with Crippen LogP contribution < -0.4 is 11.1 Å². The highest BCUT2D eigenvalue weighted by Crippen LogP contribution is 2.17. The molecule has 122 valence electrons. The first kappa shape index (κ1) is 15.7. The lowest BCUT2D eigenvalue weighted by molar-refractivity contribution is -0.124. The van der Waals surface area contributed by atoms with Crippen molar-refractivity contribution in [2.45, 2.75) is 25.4 Å². The van der Waals surface area contributed by atoms with Crippen molar-refractivity contribution in [1.29, 1.82) is 0 Å². The Morgan fingerprint density at radius 3 is 2.78 bits per heavy atom. The van der Waals surface area contributed by atoms with Crippen LogP contribution in [0.4, 0.5) is 0 Å². The number of nitrogens with zero attached hydrogens (tertiary/aromatic N) is 2. The van der Waals surface area contributed by atoms with Gasteiger partial charge in [0.1, 0.15) is 0 Å². The van der Waals surface area contributed by atoms with Gasteiger partial charge in [-0.15, -0.1) is 0 Å². The maximum atomic E-state index is 12.2. The van der Waals surface area contributed by atoms with Crippen LogP contribution in [0.25, 0.3) is 5.69 Å². The molecule has 1 fully saturated rings. The smallest absolute Gasteiger partial charge is 0.237 e. The van der Waals surface area contributed by atoms with Gasteiger partial charge in [0.05, 0.1) is 24.0 Å². The molecule has 2 aromatic rings. The van der Waals surface area contributed by atoms with E-state index in [0.29, 0.717) is 19.8 Å². The van der Waals surface area contributed by atoms with Crippen LogP contribution in [0.1, 0.15) is 18.5 Å². The summed E-state index contributed by atoms with van der Waals surface area (Å²) in [5.74, 6) is 0.0804. The van der Waals surface area contributed by atoms with E-state index in [-0.39, 0.29) is 11.8 Å². The number of para-hydroxylation sites is 1. The van der Waals surface area contributed by atoms with E-state index in [0.717, 1.165) is 24.2 Å². The molecule has 23 heavy (non-hydrogen) atoms. The Morgan fingerprint density at radius 2 is 2.04 bits per heavy atom. The second-order valence-corrected chi connectivity index (χ2v) is 5.78. The van der Waals surface area contributed by atoms with Gasteiger partial charge in [0.2, 0.25) is 5.91 Å². The van der Waals surface area contributed by atoms with Crippen molar-refractivity contribution >= 4 is 5.91 Å². The number of nitrogens with one attached hydrogen (secondary N) is 1. The zero-order valence-corrected chi connectivity index (χ0v) is 13.0. The average Bonchev–Trinajstić information content (AvgIpc) is 3.09. The molecule has 0 aliphatic carbocycles. The van der Waals surface area contributed by atoms with E-state index in [1.54, 1.807) is 4.68 Å². The number of amides is 1. The molecule has 6 heteroatoms. The van der Waals surface area contributed by atoms with Crippen molar-refractivity contribution in [3.05, 3.63) is 48.3 Å². The molecule has 1 unspecified atom stereocenters. The third kappa shape index (κ3) is 3.97. The van der Waals surface area contributed by atoms with Crippen LogP contribution in [0.15, 0.2) is 42.6 Å². The molecule has 0 bridgehead atoms. The van der Waals surface area contributed by atoms with Crippen molar-refractivity contribution in [3.63, 3.8) is 0 Å². The molecule has 1 aromatic heterocycles. The maximum absolute atomic E-state index is 12.2. The highest BCUT2D eigenvalue weighted by atomic mass is 16.5. The Kier molecular flexibility index (Phi) is 5.05. The lowest BCUT2D eigenvalue weighted by atomic mass is 9.92. The van der Waals surface area contributed by atoms with Gasteiger partial charge in [0.15, 0.2) is 0 Å². The maximum Gasteiger partial charge on any atom is 0.237 e. The van der Waals surface area contributed by atoms with Gasteiger partial charge >= 0.3 is 0 Å². The van der Waals surface area contributed by atoms with Gasteiger partial charge in [0.25, 0.3) is 0 Å². The van der Waals surface area contributed by atoms with Crippen LogP contribution in [0.2, 0.25) is 0 Å². The summed E-state index contributed by atoms with van der Waals surface area (Å²) in [6.07, 6.45) is 3.57. The van der Waals surface area contributed by atoms with Gasteiger partial charge in [-0.25, -0.2) is 4.68 Å². The molecule has 1 atom stereocenters. The Balaban J connectivity index is 1.54. The topological polar surface area (TPSA) is 82.2 Å². The van der Waals surface area contributed by atoms with E-state index in [1.807, 2.05) is 42.6 Å². The number of ether oxygens (including phenoxy) is 1. The van der Waals surface area contributed by atoms with E-state index in [1.165, 1.54) is 0 Å². The summed E-state index contributed by atoms with van der Waals surface area (Å²) in [4.78, 5) is 12.2. The highest BCUT2D eigenvalue weighted by Gasteiger charge is 2.26. The van der Waals surface area contributed by atoms with E-state index in [9.17, 15) is 4.79 Å². The number of benzene rings is 1. The zero-order valence-electron chi connectivity index (χ0n) is 13.0. The predicted octanol–water partition coefficient (Wildman–Crippen LogP) is 1.24. The number of hydrogen-bond donors (Lipinski definition) is 2. The molecule has 1 saturated heterocycles. The molecule has 3 N–H and O–H groups in total. The zero-order chi connectivity index (χ0) is 16.1. The van der Waals surface area contributed by atoms with Crippen LogP contribution in [-0.4, -0.2) is 34.9 Å². The first-order valence-electron chi connectivity index (χ1n) is 7.95. The Hall–Kier alpha value is -2.18. The molecule has 0 radical (unpaired) electrons. The summed E-state index contributed by atoms with van der Waals surface area (Å²) >= 11 is 0. The highest BCUT2D eigenvalue weighted by molar-refractivity contribution is 5.81. The van der Waals surface area contributed by atoms with Gasteiger partial charge in [-0.1, -0.05) is 18.2 Å². The summed E-state index contributed by atoms with van der Waals surface area (Å²) in [7, 11) is 0. The number of nitrogens with two attached hydrogens (primary N) is 1. The van der Waals surface area contributed by atoms with Crippen LogP contribution >= 0.6 is 0 Å². The van der Waals surface area contributed by atoms with Gasteiger partial charge in [-0.05, 0) is 37.0 Å². The molecular weight excluding hydrogens is 292 g/mol. The van der Waals surface area contributed by atoms with Crippen molar-refractivity contribution in [2.75, 3.05) is 13.2 Å². The van der Waals surface area contributed by atoms with Gasteiger partial charge in [-0.2, -0.15) is 5.10 Å². The van der Waals surface area contributed by atoms with Crippen molar-refractivity contribution in [3.8, 4) is 5.69 Å². The minimum Gasteiger partial charge on any atom is -0.381 e. The van der Waals surface area contributed by atoms with Crippen molar-refractivity contribution in [1.82, 2.24) is 15.1 Å². The molecule has 1 aliphatic heterocycles. The summed E-state index contributed by atoms with van der Waals surface area (Å²) in [6.45, 7) is 1.76. The Bertz CT molecular complexity index is 635. The quantitative estimate of drug-likeness (QED) is 0.870. The molecule has 1 aromatic carbocycles. The third-order valence-corrected chi connectivity index (χ3v) is 4.19. The van der Waals surface area contributed by atoms with E-state index >= 15 is 0 Å². The van der Waals surface area contributed by atoms with Crippen molar-refractivity contribution in [2.24, 2.45) is 11.7 Å². The van der Waals surface area contributed by atoms with Gasteiger partial charge in [0, 0.05) is 19.4 Å². The fraction of sp³-hybridized carbons (Fsp3) is 0.412. The number of carbonyl (C=O) groups is 1. The largest absolute Gasteiger partial charge is 0.381 e. The molecule has 1 aliphatic rings. The Morgan fingerprint density at radius 1 is 1.30 bits per heavy atom. The summed E-state index contributed by atoms with van der Waals surface area (Å²) in [5, 5.41) is 7.35. The molecule has 2 heterocycles. The molecule has 0 spiro atoms. The minimum absolute atomic E-state index is 0.119. The molecule has 0 saturated carbocycles. The van der Waals surface area contributed by atoms with Crippen LogP contribution in [0.3, 0.4) is 0 Å². The first-order chi connectivity index (χ1) is 11.2. The number of hydrogen-bond acceptors (Lipinski definition) is 4. The van der Waals surface area contributed by atoms with Crippen LogP contribution in [-0.2, 0) is 16.1 Å². The summed E-state index contributed by atoms with van der Waals surface area (Å²) in [6, 6.07) is 11.3. The number of aromatic nitrogens is 2. The van der Waals surface area contributed by atoms with E-state index in [4.69, 9.17) is 10.5 Å². The Labute approximate surface area is 135 Å². The standard InChI is InChI=1S/C17H22N4O2/c18-16(13-7-10-23-11-8-13)17(22)19-12-14-6-9-21(20-14)15-4-2-1-3-5-15/h1-6,9,13,16H,7-8,10-12,18H2,(H,19,22). The van der Waals surface area contributed by atoms with Gasteiger partial charge < -0.3 is 15.8 Å². The molecule has 6 nitrogen and oxygen atoms in total. The minimum atomic E-state index is -0.477. The average molecular weight is 314 g/mol. The monoisotopic (exact) mass is 314 g/mol. The normalized spacial score (nSPS) is 16.9. The fourth-order valence-electron chi connectivity index (χ4n) is 2.77. The SMILES string of the molecule is NC(C(=O)NCc1ccn(-c2ccccc2)n1)C1CCOCC1. The third-order valence-electron chi connectivity index (χ3n) is 4.19. The van der Waals surface area contributed by atoms with E-state index in [2.05, 4.69) is 10.4 Å². The summed E-state index contributed by atoms with van der Waals surface area (Å²) < 4.78 is 7.10. The lowest BCUT2D eigenvalue weighted by Gasteiger charge is -2.26. The molecule has 1 amide bonds. The summed E-state index contributed by atoms with van der Waals surface area (Å²) in [5.41, 5.74) is 7.86. The first-order valence-corrected chi connectivity index (χ1v) is 7.95. The van der Waals surface area contributed by atoms with E-state index < -0.39 is 6.04 Å². The predicted molar refractivity (Wildman–Crippen MR) is 86.9 cm³/mol. The second-order valence-electron chi connectivity index (χ2n) is 5.78. The van der Waals surface area contributed by atoms with Gasteiger partial charge in [-0.3, -0.25) is 4.79 Å².